The first-order chi connectivity index (χ1) is 7.75. The summed E-state index contributed by atoms with van der Waals surface area (Å²) in [5.74, 6) is 0.959. The van der Waals surface area contributed by atoms with Crippen LogP contribution in [0.15, 0.2) is 6.20 Å². The first-order valence-corrected chi connectivity index (χ1v) is 6.43. The average Bonchev–Trinajstić information content (AvgIpc) is 2.31. The van der Waals surface area contributed by atoms with Crippen LogP contribution in [-0.4, -0.2) is 28.5 Å². The fourth-order valence-corrected chi connectivity index (χ4v) is 2.70. The molecule has 6 heteroatoms. The Hall–Kier alpha value is -0.920. The zero-order valence-electron chi connectivity index (χ0n) is 8.61. The van der Waals surface area contributed by atoms with E-state index in [1.807, 2.05) is 0 Å². The Morgan fingerprint density at radius 2 is 2.38 bits per heavy atom. The number of carbonyl (C=O) groups excluding carboxylic acids is 1. The van der Waals surface area contributed by atoms with Gasteiger partial charge in [-0.3, -0.25) is 4.79 Å². The van der Waals surface area contributed by atoms with Crippen LogP contribution in [0.3, 0.4) is 0 Å². The predicted molar refractivity (Wildman–Crippen MR) is 68.4 cm³/mol. The molecule has 1 aromatic rings. The summed E-state index contributed by atoms with van der Waals surface area (Å²) in [6.07, 6.45) is 4.86. The number of rotatable bonds is 0. The smallest absolute Gasteiger partial charge is 0.247 e. The lowest BCUT2D eigenvalue weighted by atomic mass is 9.99. The van der Waals surface area contributed by atoms with Crippen molar-refractivity contribution >= 4 is 40.0 Å². The highest BCUT2D eigenvalue weighted by Gasteiger charge is 2.35. The topological polar surface area (TPSA) is 58.1 Å². The van der Waals surface area contributed by atoms with Gasteiger partial charge in [-0.25, -0.2) is 9.97 Å². The van der Waals surface area contributed by atoms with Gasteiger partial charge in [0.1, 0.15) is 11.7 Å². The van der Waals surface area contributed by atoms with Crippen molar-refractivity contribution in [3.05, 3.63) is 10.0 Å². The average molecular weight is 330 g/mol. The van der Waals surface area contributed by atoms with Crippen LogP contribution in [0.5, 0.6) is 0 Å². The van der Waals surface area contributed by atoms with Gasteiger partial charge in [-0.05, 0) is 19.3 Å². The number of carbonyl (C=O) groups is 1. The third-order valence-corrected chi connectivity index (χ3v) is 3.59. The van der Waals surface area contributed by atoms with Crippen molar-refractivity contribution in [1.29, 1.82) is 0 Å². The SMILES string of the molecule is O=C1Nc2cnc(I)nc2N2CCCC[C@H]12. The van der Waals surface area contributed by atoms with E-state index in [9.17, 15) is 4.79 Å². The molecule has 0 aliphatic carbocycles. The molecule has 5 nitrogen and oxygen atoms in total. The second-order valence-electron chi connectivity index (χ2n) is 4.07. The van der Waals surface area contributed by atoms with Crippen molar-refractivity contribution < 1.29 is 4.79 Å². The second kappa shape index (κ2) is 3.83. The van der Waals surface area contributed by atoms with Crippen LogP contribution in [0.4, 0.5) is 11.5 Å². The van der Waals surface area contributed by atoms with E-state index >= 15 is 0 Å². The minimum atomic E-state index is -0.0352. The Bertz CT molecular complexity index is 450. The molecule has 1 amide bonds. The second-order valence-corrected chi connectivity index (χ2v) is 5.04. The van der Waals surface area contributed by atoms with Crippen LogP contribution >= 0.6 is 22.6 Å². The van der Waals surface area contributed by atoms with Crippen molar-refractivity contribution in [2.75, 3.05) is 16.8 Å². The maximum atomic E-state index is 11.9. The Kier molecular flexibility index (Phi) is 2.45. The number of anilines is 2. The third-order valence-electron chi connectivity index (χ3n) is 3.07. The molecule has 1 N–H and O–H groups in total. The lowest BCUT2D eigenvalue weighted by Gasteiger charge is -2.39. The molecule has 0 unspecified atom stereocenters. The summed E-state index contributed by atoms with van der Waals surface area (Å²) in [5, 5.41) is 2.88. The zero-order chi connectivity index (χ0) is 11.1. The molecule has 0 saturated carbocycles. The summed E-state index contributed by atoms with van der Waals surface area (Å²) in [6, 6.07) is -0.0352. The molecule has 84 valence electrons. The molecule has 1 saturated heterocycles. The fourth-order valence-electron chi connectivity index (χ4n) is 2.33. The van der Waals surface area contributed by atoms with E-state index in [4.69, 9.17) is 0 Å². The molecule has 2 aliphatic heterocycles. The quantitative estimate of drug-likeness (QED) is 0.577. The van der Waals surface area contributed by atoms with Crippen LogP contribution < -0.4 is 10.2 Å². The van der Waals surface area contributed by atoms with Crippen LogP contribution in [0.1, 0.15) is 19.3 Å². The van der Waals surface area contributed by atoms with Crippen LogP contribution in [-0.2, 0) is 4.79 Å². The van der Waals surface area contributed by atoms with Gasteiger partial charge in [0.15, 0.2) is 9.65 Å². The maximum Gasteiger partial charge on any atom is 0.247 e. The number of piperidine rings is 1. The molecular weight excluding hydrogens is 319 g/mol. The largest absolute Gasteiger partial charge is 0.343 e. The van der Waals surface area contributed by atoms with Gasteiger partial charge in [0, 0.05) is 29.1 Å². The van der Waals surface area contributed by atoms with E-state index in [0.717, 1.165) is 41.1 Å². The summed E-state index contributed by atoms with van der Waals surface area (Å²) >= 11 is 2.09. The van der Waals surface area contributed by atoms with E-state index in [0.29, 0.717) is 0 Å². The number of amides is 1. The zero-order valence-corrected chi connectivity index (χ0v) is 10.8. The normalized spacial score (nSPS) is 23.4. The number of hydrogen-bond donors (Lipinski definition) is 1. The molecule has 3 rings (SSSR count). The Morgan fingerprint density at radius 1 is 1.50 bits per heavy atom. The van der Waals surface area contributed by atoms with Crippen LogP contribution in [0.25, 0.3) is 0 Å². The van der Waals surface area contributed by atoms with E-state index in [2.05, 4.69) is 42.8 Å². The van der Waals surface area contributed by atoms with Crippen molar-refractivity contribution in [3.63, 3.8) is 0 Å². The van der Waals surface area contributed by atoms with Gasteiger partial charge in [-0.1, -0.05) is 0 Å². The molecule has 0 radical (unpaired) electrons. The minimum Gasteiger partial charge on any atom is -0.343 e. The van der Waals surface area contributed by atoms with Crippen LogP contribution in [0, 0.1) is 3.83 Å². The Balaban J connectivity index is 2.07. The highest BCUT2D eigenvalue weighted by molar-refractivity contribution is 14.1. The Labute approximate surface area is 107 Å². The fraction of sp³-hybridized carbons (Fsp3) is 0.500. The van der Waals surface area contributed by atoms with E-state index in [1.165, 1.54) is 0 Å². The van der Waals surface area contributed by atoms with E-state index < -0.39 is 0 Å². The molecule has 16 heavy (non-hydrogen) atoms. The number of hydrogen-bond acceptors (Lipinski definition) is 4. The highest BCUT2D eigenvalue weighted by atomic mass is 127. The summed E-state index contributed by atoms with van der Waals surface area (Å²) in [6.45, 7) is 0.915. The standard InChI is InChI=1S/C10H11IN4O/c11-10-12-5-6-8(14-10)15-4-2-1-3-7(15)9(16)13-6/h5,7H,1-4H2,(H,13,16)/t7-/m1/s1. The van der Waals surface area contributed by atoms with Gasteiger partial charge >= 0.3 is 0 Å². The molecule has 1 aromatic heterocycles. The maximum absolute atomic E-state index is 11.9. The van der Waals surface area contributed by atoms with E-state index in [-0.39, 0.29) is 11.9 Å². The third kappa shape index (κ3) is 1.55. The minimum absolute atomic E-state index is 0.0352. The van der Waals surface area contributed by atoms with Crippen molar-refractivity contribution in [2.45, 2.75) is 25.3 Å². The van der Waals surface area contributed by atoms with Gasteiger partial charge in [0.2, 0.25) is 5.91 Å². The predicted octanol–water partition coefficient (Wildman–Crippen LogP) is 1.39. The van der Waals surface area contributed by atoms with Gasteiger partial charge in [0.05, 0.1) is 6.20 Å². The number of nitrogens with one attached hydrogen (secondary N) is 1. The highest BCUT2D eigenvalue weighted by Crippen LogP contribution is 2.33. The van der Waals surface area contributed by atoms with Crippen molar-refractivity contribution in [3.8, 4) is 0 Å². The monoisotopic (exact) mass is 330 g/mol. The summed E-state index contributed by atoms with van der Waals surface area (Å²) in [4.78, 5) is 22.5. The molecule has 3 heterocycles. The molecule has 0 spiro atoms. The lowest BCUT2D eigenvalue weighted by molar-refractivity contribution is -0.118. The number of fused-ring (bicyclic) bond motifs is 3. The first kappa shape index (κ1) is 10.2. The van der Waals surface area contributed by atoms with E-state index in [1.54, 1.807) is 6.20 Å². The summed E-state index contributed by atoms with van der Waals surface area (Å²) < 4.78 is 0.719. The summed E-state index contributed by atoms with van der Waals surface area (Å²) in [5.41, 5.74) is 0.739. The van der Waals surface area contributed by atoms with Crippen molar-refractivity contribution in [1.82, 2.24) is 9.97 Å². The van der Waals surface area contributed by atoms with Crippen molar-refractivity contribution in [2.24, 2.45) is 0 Å². The number of aromatic nitrogens is 2. The first-order valence-electron chi connectivity index (χ1n) is 5.36. The number of halogens is 1. The Morgan fingerprint density at radius 3 is 3.25 bits per heavy atom. The molecule has 0 bridgehead atoms. The lowest BCUT2D eigenvalue weighted by Crippen LogP contribution is -2.51. The number of nitrogens with zero attached hydrogens (tertiary/aromatic N) is 3. The van der Waals surface area contributed by atoms with Gasteiger partial charge in [-0.2, -0.15) is 0 Å². The molecule has 2 aliphatic rings. The molecule has 0 aromatic carbocycles. The van der Waals surface area contributed by atoms with Crippen LogP contribution in [0.2, 0.25) is 0 Å². The van der Waals surface area contributed by atoms with Gasteiger partial charge < -0.3 is 10.2 Å². The van der Waals surface area contributed by atoms with Gasteiger partial charge in [0.25, 0.3) is 0 Å². The van der Waals surface area contributed by atoms with Gasteiger partial charge in [-0.15, -0.1) is 0 Å². The molecular formula is C10H11IN4O. The molecule has 1 atom stereocenters. The molecule has 1 fully saturated rings. The summed E-state index contributed by atoms with van der Waals surface area (Å²) in [7, 11) is 0.